The van der Waals surface area contributed by atoms with Gasteiger partial charge in [0.15, 0.2) is 0 Å². The van der Waals surface area contributed by atoms with Gasteiger partial charge in [-0.2, -0.15) is 0 Å². The van der Waals surface area contributed by atoms with E-state index in [0.29, 0.717) is 0 Å². The molecule has 1 unspecified atom stereocenters. The Bertz CT molecular complexity index is 497. The summed E-state index contributed by atoms with van der Waals surface area (Å²) in [6, 6.07) is 7.73. The fourth-order valence-corrected chi connectivity index (χ4v) is 3.03. The van der Waals surface area contributed by atoms with Crippen LogP contribution in [-0.2, 0) is 4.79 Å². The molecule has 1 fully saturated rings. The molecule has 2 N–H and O–H groups in total. The third-order valence-electron chi connectivity index (χ3n) is 4.39. The van der Waals surface area contributed by atoms with E-state index in [0.717, 1.165) is 56.9 Å². The average Bonchev–Trinajstić information content (AvgIpc) is 2.81. The van der Waals surface area contributed by atoms with Crippen molar-refractivity contribution in [1.82, 2.24) is 15.1 Å². The van der Waals surface area contributed by atoms with Crippen molar-refractivity contribution >= 4 is 11.6 Å². The molecule has 1 aromatic rings. The van der Waals surface area contributed by atoms with E-state index in [9.17, 15) is 4.79 Å². The maximum atomic E-state index is 12.0. The molecule has 1 amide bonds. The first-order chi connectivity index (χ1) is 10.2. The van der Waals surface area contributed by atoms with Gasteiger partial charge in [-0.1, -0.05) is 18.2 Å². The first kappa shape index (κ1) is 14.5. The summed E-state index contributed by atoms with van der Waals surface area (Å²) in [5, 5.41) is 6.31. The molecule has 5 nitrogen and oxygen atoms in total. The molecule has 0 aliphatic carbocycles. The first-order valence-electron chi connectivity index (χ1n) is 7.78. The van der Waals surface area contributed by atoms with E-state index < -0.39 is 0 Å². The van der Waals surface area contributed by atoms with Crippen LogP contribution in [0.3, 0.4) is 0 Å². The van der Waals surface area contributed by atoms with Gasteiger partial charge in [0.1, 0.15) is 6.04 Å². The van der Waals surface area contributed by atoms with E-state index in [-0.39, 0.29) is 11.9 Å². The molecule has 1 saturated heterocycles. The molecule has 3 rings (SSSR count). The Morgan fingerprint density at radius 2 is 2.00 bits per heavy atom. The minimum absolute atomic E-state index is 0.0656. The highest BCUT2D eigenvalue weighted by molar-refractivity contribution is 6.02. The van der Waals surface area contributed by atoms with E-state index in [1.165, 1.54) is 0 Å². The number of benzene rings is 1. The van der Waals surface area contributed by atoms with Crippen LogP contribution in [0.5, 0.6) is 0 Å². The number of hydrogen-bond acceptors (Lipinski definition) is 4. The molecular formula is C16H24N4O. The number of likely N-dealkylation sites (N-methyl/N-ethyl adjacent to an activating group) is 1. The summed E-state index contributed by atoms with van der Waals surface area (Å²) in [4.78, 5) is 16.8. The van der Waals surface area contributed by atoms with Crippen molar-refractivity contribution < 1.29 is 4.79 Å². The summed E-state index contributed by atoms with van der Waals surface area (Å²) < 4.78 is 0. The van der Waals surface area contributed by atoms with Crippen molar-refractivity contribution in [2.45, 2.75) is 12.5 Å². The van der Waals surface area contributed by atoms with E-state index in [2.05, 4.69) is 27.5 Å². The third kappa shape index (κ3) is 3.43. The van der Waals surface area contributed by atoms with E-state index in [4.69, 9.17) is 0 Å². The normalized spacial score (nSPS) is 23.1. The first-order valence-corrected chi connectivity index (χ1v) is 7.78. The lowest BCUT2D eigenvalue weighted by Gasteiger charge is -2.32. The molecule has 1 atom stereocenters. The van der Waals surface area contributed by atoms with Gasteiger partial charge in [0, 0.05) is 37.4 Å². The predicted octanol–water partition coefficient (Wildman–Crippen LogP) is 0.907. The number of fused-ring (bicyclic) bond motifs is 1. The van der Waals surface area contributed by atoms with Crippen LogP contribution in [0.1, 0.15) is 18.0 Å². The van der Waals surface area contributed by atoms with E-state index in [1.54, 1.807) is 0 Å². The molecule has 0 bridgehead atoms. The van der Waals surface area contributed by atoms with Crippen molar-refractivity contribution in [1.29, 1.82) is 0 Å². The number of amides is 1. The van der Waals surface area contributed by atoms with Gasteiger partial charge in [0.25, 0.3) is 0 Å². The molecule has 0 saturated carbocycles. The highest BCUT2D eigenvalue weighted by Crippen LogP contribution is 2.29. The van der Waals surface area contributed by atoms with Crippen molar-refractivity contribution in [3.05, 3.63) is 29.8 Å². The molecule has 5 heteroatoms. The second kappa shape index (κ2) is 6.56. The summed E-state index contributed by atoms with van der Waals surface area (Å²) >= 11 is 0. The molecule has 21 heavy (non-hydrogen) atoms. The van der Waals surface area contributed by atoms with Gasteiger partial charge in [0.05, 0.1) is 0 Å². The number of carbonyl (C=O) groups excluding carboxylic acids is 1. The lowest BCUT2D eigenvalue weighted by atomic mass is 10.1. The SMILES string of the molecule is CN1CCN(CCCNC2C(=O)Nc3ccccc32)CC1. The molecule has 0 spiro atoms. The van der Waals surface area contributed by atoms with Gasteiger partial charge < -0.3 is 20.4 Å². The van der Waals surface area contributed by atoms with Gasteiger partial charge in [-0.3, -0.25) is 4.79 Å². The van der Waals surface area contributed by atoms with Crippen molar-refractivity contribution in [3.63, 3.8) is 0 Å². The maximum Gasteiger partial charge on any atom is 0.246 e. The Morgan fingerprint density at radius 3 is 2.81 bits per heavy atom. The number of piperazine rings is 1. The van der Waals surface area contributed by atoms with E-state index in [1.807, 2.05) is 24.3 Å². The predicted molar refractivity (Wildman–Crippen MR) is 84.4 cm³/mol. The van der Waals surface area contributed by atoms with Gasteiger partial charge in [-0.15, -0.1) is 0 Å². The summed E-state index contributed by atoms with van der Waals surface area (Å²) in [5.74, 6) is 0.0656. The number of rotatable bonds is 5. The second-order valence-electron chi connectivity index (χ2n) is 5.96. The zero-order valence-electron chi connectivity index (χ0n) is 12.6. The summed E-state index contributed by atoms with van der Waals surface area (Å²) in [5.41, 5.74) is 2.01. The van der Waals surface area contributed by atoms with Gasteiger partial charge >= 0.3 is 0 Å². The molecule has 0 aromatic heterocycles. The quantitative estimate of drug-likeness (QED) is 0.791. The summed E-state index contributed by atoms with van der Waals surface area (Å²) in [6.45, 7) is 6.61. The molecule has 2 heterocycles. The molecule has 0 radical (unpaired) electrons. The number of anilines is 1. The smallest absolute Gasteiger partial charge is 0.246 e. The Hall–Kier alpha value is -1.43. The topological polar surface area (TPSA) is 47.6 Å². The second-order valence-corrected chi connectivity index (χ2v) is 5.96. The summed E-state index contributed by atoms with van der Waals surface area (Å²) in [7, 11) is 2.18. The molecule has 114 valence electrons. The molecule has 2 aliphatic heterocycles. The number of hydrogen-bond donors (Lipinski definition) is 2. The van der Waals surface area contributed by atoms with Crippen molar-refractivity contribution in [2.75, 3.05) is 51.6 Å². The zero-order chi connectivity index (χ0) is 14.7. The van der Waals surface area contributed by atoms with Gasteiger partial charge in [-0.25, -0.2) is 0 Å². The monoisotopic (exact) mass is 288 g/mol. The average molecular weight is 288 g/mol. The highest BCUT2D eigenvalue weighted by Gasteiger charge is 2.29. The van der Waals surface area contributed by atoms with Crippen LogP contribution < -0.4 is 10.6 Å². The Morgan fingerprint density at radius 1 is 1.24 bits per heavy atom. The largest absolute Gasteiger partial charge is 0.324 e. The minimum Gasteiger partial charge on any atom is -0.324 e. The fraction of sp³-hybridized carbons (Fsp3) is 0.562. The summed E-state index contributed by atoms with van der Waals surface area (Å²) in [6.07, 6.45) is 1.08. The Balaban J connectivity index is 1.43. The van der Waals surface area contributed by atoms with Crippen molar-refractivity contribution in [3.8, 4) is 0 Å². The third-order valence-corrected chi connectivity index (χ3v) is 4.39. The Labute approximate surface area is 126 Å². The Kier molecular flexibility index (Phi) is 4.53. The van der Waals surface area contributed by atoms with Crippen LogP contribution in [0.15, 0.2) is 24.3 Å². The standard InChI is InChI=1S/C16H24N4O/c1-19-9-11-20(12-10-19)8-4-7-17-15-13-5-2-3-6-14(13)18-16(15)21/h2-3,5-6,15,17H,4,7-12H2,1H3,(H,18,21). The van der Waals surface area contributed by atoms with Gasteiger partial charge in [0.2, 0.25) is 5.91 Å². The molecule has 2 aliphatic rings. The lowest BCUT2D eigenvalue weighted by Crippen LogP contribution is -2.45. The van der Waals surface area contributed by atoms with Crippen LogP contribution in [0.4, 0.5) is 5.69 Å². The maximum absolute atomic E-state index is 12.0. The van der Waals surface area contributed by atoms with E-state index >= 15 is 0 Å². The van der Waals surface area contributed by atoms with Crippen LogP contribution in [0.2, 0.25) is 0 Å². The molecular weight excluding hydrogens is 264 g/mol. The highest BCUT2D eigenvalue weighted by atomic mass is 16.2. The number of nitrogens with zero attached hydrogens (tertiary/aromatic N) is 2. The molecule has 1 aromatic carbocycles. The van der Waals surface area contributed by atoms with Crippen LogP contribution >= 0.6 is 0 Å². The zero-order valence-corrected chi connectivity index (χ0v) is 12.6. The fourth-order valence-electron chi connectivity index (χ4n) is 3.03. The number of nitrogens with one attached hydrogen (secondary N) is 2. The van der Waals surface area contributed by atoms with Crippen LogP contribution in [0.25, 0.3) is 0 Å². The van der Waals surface area contributed by atoms with Crippen molar-refractivity contribution in [2.24, 2.45) is 0 Å². The number of carbonyl (C=O) groups is 1. The number of para-hydroxylation sites is 1. The van der Waals surface area contributed by atoms with Gasteiger partial charge in [-0.05, 0) is 32.6 Å². The van der Waals surface area contributed by atoms with Crippen LogP contribution in [0, 0.1) is 0 Å². The van der Waals surface area contributed by atoms with Crippen LogP contribution in [-0.4, -0.2) is 62.0 Å². The minimum atomic E-state index is -0.186. The lowest BCUT2D eigenvalue weighted by molar-refractivity contribution is -0.117.